The molecule has 1 aromatic carbocycles. The van der Waals surface area contributed by atoms with Crippen molar-refractivity contribution in [3.8, 4) is 6.07 Å². The number of carbonyl (C=O) groups is 1. The maximum Gasteiger partial charge on any atom is 0.262 e. The highest BCUT2D eigenvalue weighted by Crippen LogP contribution is 2.25. The van der Waals surface area contributed by atoms with E-state index in [1.165, 1.54) is 11.8 Å². The van der Waals surface area contributed by atoms with Crippen LogP contribution in [0.25, 0.3) is 10.9 Å². The van der Waals surface area contributed by atoms with Gasteiger partial charge in [0.2, 0.25) is 5.91 Å². The van der Waals surface area contributed by atoms with E-state index in [1.807, 2.05) is 32.0 Å². The summed E-state index contributed by atoms with van der Waals surface area (Å²) in [5, 5.41) is 9.37. The van der Waals surface area contributed by atoms with Crippen LogP contribution in [0.2, 0.25) is 0 Å². The van der Waals surface area contributed by atoms with Crippen LogP contribution in [0.15, 0.2) is 34.2 Å². The van der Waals surface area contributed by atoms with Crippen molar-refractivity contribution in [2.24, 2.45) is 0 Å². The van der Waals surface area contributed by atoms with E-state index >= 15 is 0 Å². The molecule has 6 nitrogen and oxygen atoms in total. The third-order valence-electron chi connectivity index (χ3n) is 3.86. The maximum atomic E-state index is 12.8. The average molecular weight is 358 g/mol. The van der Waals surface area contributed by atoms with Gasteiger partial charge in [-0.3, -0.25) is 14.2 Å². The lowest BCUT2D eigenvalue weighted by Crippen LogP contribution is -2.34. The van der Waals surface area contributed by atoms with Crippen molar-refractivity contribution >= 4 is 28.6 Å². The molecule has 1 amide bonds. The van der Waals surface area contributed by atoms with Gasteiger partial charge in [0.25, 0.3) is 5.56 Å². The zero-order valence-electron chi connectivity index (χ0n) is 14.9. The van der Waals surface area contributed by atoms with Crippen LogP contribution in [-0.2, 0) is 4.79 Å². The van der Waals surface area contributed by atoms with Gasteiger partial charge < -0.3 is 4.90 Å². The predicted octanol–water partition coefficient (Wildman–Crippen LogP) is 2.83. The number of nitriles is 1. The summed E-state index contributed by atoms with van der Waals surface area (Å²) in [4.78, 5) is 31.4. The number of hydrogen-bond acceptors (Lipinski definition) is 5. The molecule has 0 radical (unpaired) electrons. The molecule has 0 fully saturated rings. The van der Waals surface area contributed by atoms with Crippen molar-refractivity contribution in [1.82, 2.24) is 14.5 Å². The molecule has 2 aromatic rings. The Morgan fingerprint density at radius 2 is 2.04 bits per heavy atom. The van der Waals surface area contributed by atoms with Gasteiger partial charge >= 0.3 is 0 Å². The fourth-order valence-electron chi connectivity index (χ4n) is 2.51. The number of nitrogens with zero attached hydrogens (tertiary/aromatic N) is 4. The van der Waals surface area contributed by atoms with E-state index in [2.05, 4.69) is 4.98 Å². The molecule has 1 aromatic heterocycles. The number of carbonyl (C=O) groups excluding carboxylic acids is 1. The standard InChI is InChI=1S/C18H22N4O2S/c1-12(2)22-17(24)14-8-5-6-9-15(14)20-18(22)25-13(3)16(23)21(4)11-7-10-19/h5-6,8-9,12-13H,7,11H2,1-4H3/t13-/m0/s1. The summed E-state index contributed by atoms with van der Waals surface area (Å²) < 4.78 is 1.63. The van der Waals surface area contributed by atoms with Crippen LogP contribution in [0.5, 0.6) is 0 Å². The lowest BCUT2D eigenvalue weighted by molar-refractivity contribution is -0.128. The molecule has 0 aliphatic carbocycles. The van der Waals surface area contributed by atoms with Crippen LogP contribution in [-0.4, -0.2) is 39.2 Å². The molecule has 0 N–H and O–H groups in total. The van der Waals surface area contributed by atoms with Gasteiger partial charge in [0.05, 0.1) is 28.6 Å². The predicted molar refractivity (Wildman–Crippen MR) is 99.6 cm³/mol. The summed E-state index contributed by atoms with van der Waals surface area (Å²) in [6, 6.07) is 9.20. The van der Waals surface area contributed by atoms with Gasteiger partial charge in [-0.05, 0) is 32.9 Å². The number of benzene rings is 1. The zero-order chi connectivity index (χ0) is 18.6. The third kappa shape index (κ3) is 4.20. The van der Waals surface area contributed by atoms with E-state index in [0.29, 0.717) is 29.0 Å². The van der Waals surface area contributed by atoms with Gasteiger partial charge in [0.15, 0.2) is 5.16 Å². The molecule has 25 heavy (non-hydrogen) atoms. The Balaban J connectivity index is 2.37. The Labute approximate surface area is 151 Å². The van der Waals surface area contributed by atoms with E-state index in [1.54, 1.807) is 35.6 Å². The SMILES string of the molecule is CC(C)n1c(S[C@@H](C)C(=O)N(C)CCC#N)nc2ccccc2c1=O. The first-order valence-electron chi connectivity index (χ1n) is 8.16. The number of fused-ring (bicyclic) bond motifs is 1. The fraction of sp³-hybridized carbons (Fsp3) is 0.444. The second-order valence-corrected chi connectivity index (χ2v) is 7.42. The largest absolute Gasteiger partial charge is 0.344 e. The molecule has 1 heterocycles. The molecule has 0 saturated carbocycles. The van der Waals surface area contributed by atoms with Crippen molar-refractivity contribution in [2.75, 3.05) is 13.6 Å². The van der Waals surface area contributed by atoms with Crippen LogP contribution in [0, 0.1) is 11.3 Å². The van der Waals surface area contributed by atoms with E-state index in [9.17, 15) is 9.59 Å². The molecule has 132 valence electrons. The number of amides is 1. The third-order valence-corrected chi connectivity index (χ3v) is 4.91. The Kier molecular flexibility index (Phi) is 6.21. The molecule has 0 bridgehead atoms. The van der Waals surface area contributed by atoms with Gasteiger partial charge in [0, 0.05) is 19.6 Å². The van der Waals surface area contributed by atoms with Gasteiger partial charge in [-0.1, -0.05) is 23.9 Å². The van der Waals surface area contributed by atoms with Crippen molar-refractivity contribution in [3.63, 3.8) is 0 Å². The minimum atomic E-state index is -0.401. The number of hydrogen-bond donors (Lipinski definition) is 0. The van der Waals surface area contributed by atoms with E-state index in [4.69, 9.17) is 5.26 Å². The molecular formula is C18H22N4O2S. The summed E-state index contributed by atoms with van der Waals surface area (Å²) in [5.74, 6) is -0.0852. The highest BCUT2D eigenvalue weighted by atomic mass is 32.2. The van der Waals surface area contributed by atoms with Crippen molar-refractivity contribution in [2.45, 2.75) is 43.6 Å². The normalized spacial score (nSPS) is 12.2. The smallest absolute Gasteiger partial charge is 0.262 e. The lowest BCUT2D eigenvalue weighted by Gasteiger charge is -2.22. The first-order valence-corrected chi connectivity index (χ1v) is 9.04. The van der Waals surface area contributed by atoms with Crippen LogP contribution >= 0.6 is 11.8 Å². The molecule has 0 aliphatic heterocycles. The van der Waals surface area contributed by atoms with Gasteiger partial charge in [-0.2, -0.15) is 5.26 Å². The van der Waals surface area contributed by atoms with Crippen LogP contribution in [0.4, 0.5) is 0 Å². The Bertz CT molecular complexity index is 869. The Hall–Kier alpha value is -2.33. The second-order valence-electron chi connectivity index (χ2n) is 6.11. The molecular weight excluding hydrogens is 336 g/mol. The summed E-state index contributed by atoms with van der Waals surface area (Å²) in [6.07, 6.45) is 0.296. The van der Waals surface area contributed by atoms with Crippen LogP contribution < -0.4 is 5.56 Å². The van der Waals surface area contributed by atoms with Crippen LogP contribution in [0.3, 0.4) is 0 Å². The second kappa shape index (κ2) is 8.17. The van der Waals surface area contributed by atoms with Crippen molar-refractivity contribution < 1.29 is 4.79 Å². The molecule has 0 spiro atoms. The first kappa shape index (κ1) is 19.0. The van der Waals surface area contributed by atoms with Gasteiger partial charge in [-0.25, -0.2) is 4.98 Å². The minimum absolute atomic E-state index is 0.0641. The maximum absolute atomic E-state index is 12.8. The molecule has 7 heteroatoms. The van der Waals surface area contributed by atoms with E-state index in [0.717, 1.165) is 0 Å². The molecule has 0 saturated heterocycles. The Morgan fingerprint density at radius 3 is 2.68 bits per heavy atom. The summed E-state index contributed by atoms with van der Waals surface area (Å²) in [7, 11) is 1.68. The van der Waals surface area contributed by atoms with E-state index < -0.39 is 5.25 Å². The quantitative estimate of drug-likeness (QED) is 0.586. The first-order chi connectivity index (χ1) is 11.9. The number of para-hydroxylation sites is 1. The number of aromatic nitrogens is 2. The van der Waals surface area contributed by atoms with Crippen molar-refractivity contribution in [3.05, 3.63) is 34.6 Å². The van der Waals surface area contributed by atoms with Crippen LogP contribution in [0.1, 0.15) is 33.2 Å². The summed E-state index contributed by atoms with van der Waals surface area (Å²) >= 11 is 1.28. The average Bonchev–Trinajstić information content (AvgIpc) is 2.58. The summed E-state index contributed by atoms with van der Waals surface area (Å²) in [5.41, 5.74) is 0.532. The fourth-order valence-corrected chi connectivity index (χ4v) is 3.67. The van der Waals surface area contributed by atoms with Gasteiger partial charge in [-0.15, -0.1) is 0 Å². The number of thioether (sulfide) groups is 1. The molecule has 2 rings (SSSR count). The van der Waals surface area contributed by atoms with Crippen molar-refractivity contribution in [1.29, 1.82) is 5.26 Å². The molecule has 0 aliphatic rings. The molecule has 1 atom stereocenters. The van der Waals surface area contributed by atoms with E-state index in [-0.39, 0.29) is 17.5 Å². The minimum Gasteiger partial charge on any atom is -0.344 e. The monoisotopic (exact) mass is 358 g/mol. The number of rotatable bonds is 6. The van der Waals surface area contributed by atoms with Gasteiger partial charge in [0.1, 0.15) is 0 Å². The highest BCUT2D eigenvalue weighted by Gasteiger charge is 2.22. The Morgan fingerprint density at radius 1 is 1.36 bits per heavy atom. The molecule has 0 unspecified atom stereocenters. The highest BCUT2D eigenvalue weighted by molar-refractivity contribution is 8.00. The summed E-state index contributed by atoms with van der Waals surface area (Å²) in [6.45, 7) is 6.03. The zero-order valence-corrected chi connectivity index (χ0v) is 15.7. The lowest BCUT2D eigenvalue weighted by atomic mass is 10.2. The topological polar surface area (TPSA) is 79.0 Å².